The second kappa shape index (κ2) is 7.21. The van der Waals surface area contributed by atoms with Gasteiger partial charge in [0.1, 0.15) is 0 Å². The van der Waals surface area contributed by atoms with E-state index in [9.17, 15) is 13.2 Å². The van der Waals surface area contributed by atoms with E-state index in [4.69, 9.17) is 0 Å². The number of nitrogens with one attached hydrogen (secondary N) is 2. The zero-order valence-electron chi connectivity index (χ0n) is 13.0. The van der Waals surface area contributed by atoms with Gasteiger partial charge in [-0.1, -0.05) is 18.2 Å². The van der Waals surface area contributed by atoms with Crippen LogP contribution in [-0.2, 0) is 21.4 Å². The summed E-state index contributed by atoms with van der Waals surface area (Å²) >= 11 is 0. The van der Waals surface area contributed by atoms with Crippen LogP contribution in [0.25, 0.3) is 0 Å². The maximum atomic E-state index is 12.3. The molecule has 1 unspecified atom stereocenters. The largest absolute Gasteiger partial charge is 0.352 e. The molecule has 7 heteroatoms. The van der Waals surface area contributed by atoms with Crippen LogP contribution in [0.3, 0.4) is 0 Å². The van der Waals surface area contributed by atoms with E-state index in [2.05, 4.69) is 10.6 Å². The SMILES string of the molecule is CN(C)S(=O)(=O)c1ccccc1CNC(=O)CC1CCCN1. The number of nitrogens with zero attached hydrogens (tertiary/aromatic N) is 1. The van der Waals surface area contributed by atoms with E-state index in [-0.39, 0.29) is 23.4 Å². The molecular formula is C15H23N3O3S. The van der Waals surface area contributed by atoms with E-state index in [0.29, 0.717) is 12.0 Å². The Kier molecular flexibility index (Phi) is 5.55. The number of benzene rings is 1. The lowest BCUT2D eigenvalue weighted by molar-refractivity contribution is -0.121. The third-order valence-electron chi connectivity index (χ3n) is 3.80. The minimum Gasteiger partial charge on any atom is -0.352 e. The van der Waals surface area contributed by atoms with Gasteiger partial charge in [-0.25, -0.2) is 12.7 Å². The Balaban J connectivity index is 2.02. The Labute approximate surface area is 131 Å². The molecule has 0 spiro atoms. The van der Waals surface area contributed by atoms with Gasteiger partial charge in [0.2, 0.25) is 15.9 Å². The molecule has 0 aliphatic carbocycles. The Hall–Kier alpha value is -1.44. The Morgan fingerprint density at radius 2 is 2.09 bits per heavy atom. The van der Waals surface area contributed by atoms with Gasteiger partial charge in [0.15, 0.2) is 0 Å². The van der Waals surface area contributed by atoms with Crippen LogP contribution in [0.4, 0.5) is 0 Å². The third-order valence-corrected chi connectivity index (χ3v) is 5.72. The Bertz CT molecular complexity index is 623. The lowest BCUT2D eigenvalue weighted by Gasteiger charge is -2.16. The van der Waals surface area contributed by atoms with Crippen molar-refractivity contribution < 1.29 is 13.2 Å². The summed E-state index contributed by atoms with van der Waals surface area (Å²) in [7, 11) is -0.515. The zero-order chi connectivity index (χ0) is 16.2. The van der Waals surface area contributed by atoms with Crippen LogP contribution in [0.2, 0.25) is 0 Å². The summed E-state index contributed by atoms with van der Waals surface area (Å²) in [5.74, 6) is -0.0588. The molecule has 1 aliphatic rings. The van der Waals surface area contributed by atoms with Gasteiger partial charge in [-0.15, -0.1) is 0 Å². The lowest BCUT2D eigenvalue weighted by Crippen LogP contribution is -2.32. The molecule has 1 aromatic rings. The van der Waals surface area contributed by atoms with E-state index in [1.165, 1.54) is 18.4 Å². The van der Waals surface area contributed by atoms with Gasteiger partial charge in [0, 0.05) is 33.1 Å². The van der Waals surface area contributed by atoms with E-state index in [1.54, 1.807) is 24.3 Å². The maximum Gasteiger partial charge on any atom is 0.242 e. The number of sulfonamides is 1. The molecule has 1 amide bonds. The predicted molar refractivity (Wildman–Crippen MR) is 84.8 cm³/mol. The van der Waals surface area contributed by atoms with Gasteiger partial charge in [-0.05, 0) is 31.0 Å². The quantitative estimate of drug-likeness (QED) is 0.807. The number of hydrogen-bond donors (Lipinski definition) is 2. The van der Waals surface area contributed by atoms with Crippen molar-refractivity contribution in [2.45, 2.75) is 36.7 Å². The average molecular weight is 325 g/mol. The minimum absolute atomic E-state index is 0.0588. The molecule has 0 radical (unpaired) electrons. The van der Waals surface area contributed by atoms with Crippen LogP contribution in [0.1, 0.15) is 24.8 Å². The van der Waals surface area contributed by atoms with Crippen molar-refractivity contribution >= 4 is 15.9 Å². The fourth-order valence-corrected chi connectivity index (χ4v) is 3.63. The highest BCUT2D eigenvalue weighted by Gasteiger charge is 2.21. The molecule has 6 nitrogen and oxygen atoms in total. The van der Waals surface area contributed by atoms with Crippen LogP contribution in [0.5, 0.6) is 0 Å². The van der Waals surface area contributed by atoms with Gasteiger partial charge in [-0.2, -0.15) is 0 Å². The fraction of sp³-hybridized carbons (Fsp3) is 0.533. The molecule has 122 valence electrons. The summed E-state index contributed by atoms with van der Waals surface area (Å²) in [4.78, 5) is 12.2. The topological polar surface area (TPSA) is 78.5 Å². The second-order valence-corrected chi connectivity index (χ2v) is 7.79. The normalized spacial score (nSPS) is 18.6. The van der Waals surface area contributed by atoms with Crippen molar-refractivity contribution in [3.8, 4) is 0 Å². The monoisotopic (exact) mass is 325 g/mol. The second-order valence-electron chi connectivity index (χ2n) is 5.67. The van der Waals surface area contributed by atoms with Gasteiger partial charge >= 0.3 is 0 Å². The molecule has 2 rings (SSSR count). The van der Waals surface area contributed by atoms with Crippen molar-refractivity contribution in [2.75, 3.05) is 20.6 Å². The van der Waals surface area contributed by atoms with Gasteiger partial charge in [-0.3, -0.25) is 4.79 Å². The molecule has 2 N–H and O–H groups in total. The summed E-state index contributed by atoms with van der Waals surface area (Å²) in [5, 5.41) is 6.09. The summed E-state index contributed by atoms with van der Waals surface area (Å²) < 4.78 is 25.7. The van der Waals surface area contributed by atoms with Crippen LogP contribution < -0.4 is 10.6 Å². The van der Waals surface area contributed by atoms with E-state index in [0.717, 1.165) is 19.4 Å². The molecule has 1 fully saturated rings. The average Bonchev–Trinajstić information content (AvgIpc) is 2.98. The highest BCUT2D eigenvalue weighted by atomic mass is 32.2. The number of carbonyl (C=O) groups is 1. The van der Waals surface area contributed by atoms with Crippen molar-refractivity contribution in [3.05, 3.63) is 29.8 Å². The predicted octanol–water partition coefficient (Wildman–Crippen LogP) is 0.695. The van der Waals surface area contributed by atoms with Gasteiger partial charge in [0.25, 0.3) is 0 Å². The summed E-state index contributed by atoms with van der Waals surface area (Å²) in [6.07, 6.45) is 2.55. The van der Waals surface area contributed by atoms with Crippen LogP contribution in [-0.4, -0.2) is 45.3 Å². The third kappa shape index (κ3) is 4.06. The molecule has 1 atom stereocenters. The molecule has 1 heterocycles. The number of amides is 1. The first-order chi connectivity index (χ1) is 10.4. The maximum absolute atomic E-state index is 12.3. The highest BCUT2D eigenvalue weighted by Crippen LogP contribution is 2.18. The van der Waals surface area contributed by atoms with Crippen LogP contribution >= 0.6 is 0 Å². The fourth-order valence-electron chi connectivity index (χ4n) is 2.52. The first-order valence-corrected chi connectivity index (χ1v) is 8.86. The molecule has 22 heavy (non-hydrogen) atoms. The Morgan fingerprint density at radius 3 is 2.73 bits per heavy atom. The zero-order valence-corrected chi connectivity index (χ0v) is 13.8. The molecule has 0 saturated carbocycles. The first kappa shape index (κ1) is 16.9. The summed E-state index contributed by atoms with van der Waals surface area (Å²) in [5.41, 5.74) is 0.601. The highest BCUT2D eigenvalue weighted by molar-refractivity contribution is 7.89. The van der Waals surface area contributed by atoms with Crippen LogP contribution in [0, 0.1) is 0 Å². The molecule has 1 aliphatic heterocycles. The molecule has 0 bridgehead atoms. The smallest absolute Gasteiger partial charge is 0.242 e. The standard InChI is InChI=1S/C15H23N3O3S/c1-18(2)22(20,21)14-8-4-3-6-12(14)11-17-15(19)10-13-7-5-9-16-13/h3-4,6,8,13,16H,5,7,9-11H2,1-2H3,(H,17,19). The van der Waals surface area contributed by atoms with Crippen LogP contribution in [0.15, 0.2) is 29.2 Å². The first-order valence-electron chi connectivity index (χ1n) is 7.42. The molecular weight excluding hydrogens is 302 g/mol. The van der Waals surface area contributed by atoms with Crippen molar-refractivity contribution in [1.29, 1.82) is 0 Å². The molecule has 1 saturated heterocycles. The Morgan fingerprint density at radius 1 is 1.36 bits per heavy atom. The number of carbonyl (C=O) groups excluding carboxylic acids is 1. The van der Waals surface area contributed by atoms with E-state index in [1.807, 2.05) is 0 Å². The van der Waals surface area contributed by atoms with Crippen molar-refractivity contribution in [3.63, 3.8) is 0 Å². The number of hydrogen-bond acceptors (Lipinski definition) is 4. The lowest BCUT2D eigenvalue weighted by atomic mass is 10.1. The van der Waals surface area contributed by atoms with Crippen molar-refractivity contribution in [1.82, 2.24) is 14.9 Å². The van der Waals surface area contributed by atoms with E-state index < -0.39 is 10.0 Å². The molecule has 0 aromatic heterocycles. The summed E-state index contributed by atoms with van der Waals surface area (Å²) in [6, 6.07) is 6.99. The van der Waals surface area contributed by atoms with Gasteiger partial charge in [0.05, 0.1) is 4.90 Å². The number of rotatable bonds is 6. The van der Waals surface area contributed by atoms with E-state index >= 15 is 0 Å². The van der Waals surface area contributed by atoms with Gasteiger partial charge < -0.3 is 10.6 Å². The molecule has 1 aromatic carbocycles. The minimum atomic E-state index is -3.51. The summed E-state index contributed by atoms with van der Waals surface area (Å²) in [6.45, 7) is 1.18. The van der Waals surface area contributed by atoms with Crippen molar-refractivity contribution in [2.24, 2.45) is 0 Å².